The van der Waals surface area contributed by atoms with Gasteiger partial charge in [0.2, 0.25) is 0 Å². The molecule has 0 aliphatic carbocycles. The summed E-state index contributed by atoms with van der Waals surface area (Å²) in [5.41, 5.74) is 0.302. The molecule has 0 spiro atoms. The van der Waals surface area contributed by atoms with E-state index in [-0.39, 0.29) is 16.8 Å². The summed E-state index contributed by atoms with van der Waals surface area (Å²) in [6, 6.07) is 2.24. The molecule has 0 aliphatic heterocycles. The van der Waals surface area contributed by atoms with Crippen molar-refractivity contribution in [3.8, 4) is 0 Å². The monoisotopic (exact) mass is 211 g/mol. The number of halogens is 2. The molecule has 5 heteroatoms. The third-order valence-corrected chi connectivity index (χ3v) is 2.29. The molecule has 0 saturated heterocycles. The highest BCUT2D eigenvalue weighted by Crippen LogP contribution is 2.24. The molecule has 0 saturated carbocycles. The van der Waals surface area contributed by atoms with E-state index in [1.807, 2.05) is 0 Å². The highest BCUT2D eigenvalue weighted by molar-refractivity contribution is 5.95. The molecule has 15 heavy (non-hydrogen) atoms. The molecule has 78 valence electrons. The average Bonchev–Trinajstić information content (AvgIpc) is 2.58. The zero-order valence-corrected chi connectivity index (χ0v) is 7.77. The third kappa shape index (κ3) is 1.36. The average molecular weight is 211 g/mol. The van der Waals surface area contributed by atoms with Gasteiger partial charge in [0, 0.05) is 17.0 Å². The van der Waals surface area contributed by atoms with Crippen LogP contribution in [0.1, 0.15) is 16.1 Å². The second-order valence-corrected chi connectivity index (χ2v) is 3.25. The van der Waals surface area contributed by atoms with E-state index in [0.29, 0.717) is 5.39 Å². The third-order valence-electron chi connectivity index (χ3n) is 2.29. The lowest BCUT2D eigenvalue weighted by molar-refractivity contribution is 0.0691. The van der Waals surface area contributed by atoms with Crippen molar-refractivity contribution >= 4 is 16.9 Å². The van der Waals surface area contributed by atoms with Crippen molar-refractivity contribution in [3.63, 3.8) is 0 Å². The second-order valence-electron chi connectivity index (χ2n) is 3.25. The van der Waals surface area contributed by atoms with E-state index >= 15 is 0 Å². The minimum absolute atomic E-state index is 0.0851. The molecule has 0 aliphatic rings. The normalized spacial score (nSPS) is 10.9. The molecule has 2 rings (SSSR count). The summed E-state index contributed by atoms with van der Waals surface area (Å²) >= 11 is 0. The predicted molar refractivity (Wildman–Crippen MR) is 49.9 cm³/mol. The summed E-state index contributed by atoms with van der Waals surface area (Å²) in [5, 5.41) is 9.08. The zero-order chi connectivity index (χ0) is 11.2. The van der Waals surface area contributed by atoms with Crippen LogP contribution in [0.2, 0.25) is 0 Å². The Kier molecular flexibility index (Phi) is 1.96. The summed E-state index contributed by atoms with van der Waals surface area (Å²) in [6.07, 6.45) is 0. The van der Waals surface area contributed by atoms with E-state index in [0.717, 1.165) is 6.07 Å². The lowest BCUT2D eigenvalue weighted by Crippen LogP contribution is -1.94. The van der Waals surface area contributed by atoms with Gasteiger partial charge in [-0.15, -0.1) is 0 Å². The number of aromatic nitrogens is 1. The molecular formula is C10H7F2NO2. The van der Waals surface area contributed by atoms with Crippen LogP contribution >= 0.6 is 0 Å². The molecule has 3 nitrogen and oxygen atoms in total. The Hall–Kier alpha value is -1.91. The summed E-state index contributed by atoms with van der Waals surface area (Å²) in [5.74, 6) is -3.09. The smallest absolute Gasteiger partial charge is 0.352 e. The molecule has 0 fully saturated rings. The maximum atomic E-state index is 13.1. The van der Waals surface area contributed by atoms with Gasteiger partial charge in [0.25, 0.3) is 0 Å². The van der Waals surface area contributed by atoms with Crippen molar-refractivity contribution in [2.75, 3.05) is 0 Å². The number of aromatic amines is 1. The minimum atomic E-state index is -1.16. The minimum Gasteiger partial charge on any atom is -0.477 e. The molecule has 1 aromatic heterocycles. The summed E-state index contributed by atoms with van der Waals surface area (Å²) in [4.78, 5) is 13.1. The number of hydrogen-bond donors (Lipinski definition) is 2. The lowest BCUT2D eigenvalue weighted by Gasteiger charge is -1.98. The number of H-pyrrole nitrogens is 1. The van der Waals surface area contributed by atoms with Gasteiger partial charge in [-0.1, -0.05) is 0 Å². The van der Waals surface area contributed by atoms with Crippen LogP contribution in [-0.2, 0) is 0 Å². The van der Waals surface area contributed by atoms with E-state index in [1.54, 1.807) is 0 Å². The van der Waals surface area contributed by atoms with Gasteiger partial charge < -0.3 is 10.1 Å². The molecule has 0 radical (unpaired) electrons. The van der Waals surface area contributed by atoms with Gasteiger partial charge in [0.1, 0.15) is 5.69 Å². The first kappa shape index (κ1) is 9.64. The van der Waals surface area contributed by atoms with Crippen molar-refractivity contribution in [1.82, 2.24) is 4.98 Å². The molecule has 0 amide bonds. The predicted octanol–water partition coefficient (Wildman–Crippen LogP) is 2.45. The van der Waals surface area contributed by atoms with Gasteiger partial charge in [-0.05, 0) is 18.6 Å². The molecule has 0 atom stereocenters. The van der Waals surface area contributed by atoms with Crippen LogP contribution in [-0.4, -0.2) is 16.1 Å². The number of benzene rings is 1. The van der Waals surface area contributed by atoms with Gasteiger partial charge in [-0.3, -0.25) is 0 Å². The number of carboxylic acid groups (broad SMARTS) is 1. The Morgan fingerprint density at radius 3 is 2.67 bits per heavy atom. The zero-order valence-electron chi connectivity index (χ0n) is 7.77. The number of aromatic carboxylic acids is 1. The van der Waals surface area contributed by atoms with Crippen molar-refractivity contribution in [1.29, 1.82) is 0 Å². The fourth-order valence-electron chi connectivity index (χ4n) is 1.50. The summed E-state index contributed by atoms with van der Waals surface area (Å²) < 4.78 is 26.1. The Balaban J connectivity index is 2.82. The van der Waals surface area contributed by atoms with Gasteiger partial charge in [-0.2, -0.15) is 0 Å². The quantitative estimate of drug-likeness (QED) is 0.761. The second kappa shape index (κ2) is 3.05. The van der Waals surface area contributed by atoms with Crippen LogP contribution in [0.3, 0.4) is 0 Å². The maximum absolute atomic E-state index is 13.1. The van der Waals surface area contributed by atoms with Crippen molar-refractivity contribution < 1.29 is 18.7 Å². The van der Waals surface area contributed by atoms with Crippen LogP contribution in [0.25, 0.3) is 10.9 Å². The molecule has 0 unspecified atom stereocenters. The highest BCUT2D eigenvalue weighted by atomic mass is 19.2. The number of rotatable bonds is 1. The SMILES string of the molecule is Cc1c(F)c(F)cc2[nH]c(C(=O)O)cc12. The fourth-order valence-corrected chi connectivity index (χ4v) is 1.50. The largest absolute Gasteiger partial charge is 0.477 e. The van der Waals surface area contributed by atoms with Crippen LogP contribution in [0.5, 0.6) is 0 Å². The molecular weight excluding hydrogens is 204 g/mol. The van der Waals surface area contributed by atoms with E-state index in [9.17, 15) is 13.6 Å². The summed E-state index contributed by atoms with van der Waals surface area (Å²) in [6.45, 7) is 1.40. The van der Waals surface area contributed by atoms with Crippen LogP contribution < -0.4 is 0 Å². The Morgan fingerprint density at radius 1 is 1.40 bits per heavy atom. The van der Waals surface area contributed by atoms with Crippen molar-refractivity contribution in [2.45, 2.75) is 6.92 Å². The molecule has 2 N–H and O–H groups in total. The fraction of sp³-hybridized carbons (Fsp3) is 0.100. The molecule has 1 heterocycles. The number of carbonyl (C=O) groups is 1. The first-order valence-corrected chi connectivity index (χ1v) is 4.21. The Labute approximate surface area is 83.3 Å². The van der Waals surface area contributed by atoms with E-state index < -0.39 is 17.6 Å². The molecule has 0 bridgehead atoms. The Morgan fingerprint density at radius 2 is 2.07 bits per heavy atom. The topological polar surface area (TPSA) is 53.1 Å². The van der Waals surface area contributed by atoms with Gasteiger partial charge in [-0.25, -0.2) is 13.6 Å². The van der Waals surface area contributed by atoms with Crippen molar-refractivity contribution in [2.24, 2.45) is 0 Å². The first-order valence-electron chi connectivity index (χ1n) is 4.21. The van der Waals surface area contributed by atoms with Crippen LogP contribution in [0, 0.1) is 18.6 Å². The van der Waals surface area contributed by atoms with Gasteiger partial charge in [0.05, 0.1) is 0 Å². The number of hydrogen-bond acceptors (Lipinski definition) is 1. The van der Waals surface area contributed by atoms with Gasteiger partial charge in [0.15, 0.2) is 11.6 Å². The van der Waals surface area contributed by atoms with Crippen molar-refractivity contribution in [3.05, 3.63) is 35.0 Å². The van der Waals surface area contributed by atoms with Gasteiger partial charge >= 0.3 is 5.97 Å². The molecule has 1 aromatic carbocycles. The Bertz CT molecular complexity index is 560. The number of nitrogens with one attached hydrogen (secondary N) is 1. The standard InChI is InChI=1S/C10H7F2NO2/c1-4-5-2-8(10(14)15)13-7(5)3-6(11)9(4)12/h2-3,13H,1H3,(H,14,15). The summed E-state index contributed by atoms with van der Waals surface area (Å²) in [7, 11) is 0. The first-order chi connectivity index (χ1) is 7.00. The number of fused-ring (bicyclic) bond motifs is 1. The lowest BCUT2D eigenvalue weighted by atomic mass is 10.1. The maximum Gasteiger partial charge on any atom is 0.352 e. The van der Waals surface area contributed by atoms with Crippen LogP contribution in [0.4, 0.5) is 8.78 Å². The van der Waals surface area contributed by atoms with E-state index in [1.165, 1.54) is 13.0 Å². The number of aryl methyl sites for hydroxylation is 1. The molecule has 2 aromatic rings. The van der Waals surface area contributed by atoms with E-state index in [4.69, 9.17) is 5.11 Å². The highest BCUT2D eigenvalue weighted by Gasteiger charge is 2.14. The van der Waals surface area contributed by atoms with E-state index in [2.05, 4.69) is 4.98 Å². The van der Waals surface area contributed by atoms with Crippen LogP contribution in [0.15, 0.2) is 12.1 Å². The number of carboxylic acids is 1.